The van der Waals surface area contributed by atoms with Gasteiger partial charge in [0.25, 0.3) is 0 Å². The molecule has 2 amide bonds. The number of rotatable bonds is 14. The third kappa shape index (κ3) is 8.65. The first-order valence-electron chi connectivity index (χ1n) is 13.3. The Kier molecular flexibility index (Phi) is 11.1. The Balaban J connectivity index is 1.45. The van der Waals surface area contributed by atoms with Gasteiger partial charge in [-0.25, -0.2) is 14.6 Å². The number of fused-ring (bicyclic) bond motifs is 1. The number of hydrogen-bond donors (Lipinski definition) is 3. The predicted octanol–water partition coefficient (Wildman–Crippen LogP) is 3.14. The Morgan fingerprint density at radius 2 is 2.14 bits per heavy atom. The maximum Gasteiger partial charge on any atom is 0.326 e. The molecule has 1 fully saturated rings. The van der Waals surface area contributed by atoms with E-state index in [1.54, 1.807) is 4.90 Å². The Hall–Kier alpha value is -2.39. The second-order valence-corrected chi connectivity index (χ2v) is 9.65. The SMILES string of the molecule is CCOCCN(CCCCc1ccc2c(n1)NCCC2)CC[C@H](NC(=O)N1CCC[C@H]1C)C(=O)O. The van der Waals surface area contributed by atoms with E-state index in [0.717, 1.165) is 76.1 Å². The number of aliphatic carboxylic acids is 1. The second kappa shape index (κ2) is 14.2. The largest absolute Gasteiger partial charge is 0.480 e. The Bertz CT molecular complexity index is 821. The molecule has 0 spiro atoms. The van der Waals surface area contributed by atoms with Crippen molar-refractivity contribution >= 4 is 17.8 Å². The molecular weight excluding hydrogens is 446 g/mol. The highest BCUT2D eigenvalue weighted by molar-refractivity contribution is 5.82. The van der Waals surface area contributed by atoms with Crippen molar-refractivity contribution in [2.45, 2.75) is 77.3 Å². The van der Waals surface area contributed by atoms with Gasteiger partial charge in [-0.15, -0.1) is 0 Å². The van der Waals surface area contributed by atoms with Crippen molar-refractivity contribution in [3.05, 3.63) is 23.4 Å². The van der Waals surface area contributed by atoms with Crippen LogP contribution in [-0.4, -0.2) is 89.9 Å². The molecule has 0 radical (unpaired) electrons. The van der Waals surface area contributed by atoms with Crippen LogP contribution in [0.4, 0.5) is 10.6 Å². The van der Waals surface area contributed by atoms with Crippen molar-refractivity contribution in [1.82, 2.24) is 20.1 Å². The van der Waals surface area contributed by atoms with E-state index in [9.17, 15) is 14.7 Å². The second-order valence-electron chi connectivity index (χ2n) is 9.65. The summed E-state index contributed by atoms with van der Waals surface area (Å²) in [6, 6.07) is 3.33. The number of likely N-dealkylation sites (tertiary alicyclic amines) is 1. The number of carboxylic acids is 1. The van der Waals surface area contributed by atoms with Crippen LogP contribution in [0.3, 0.4) is 0 Å². The maximum atomic E-state index is 12.6. The number of carbonyl (C=O) groups is 2. The van der Waals surface area contributed by atoms with E-state index in [1.807, 2.05) is 13.8 Å². The monoisotopic (exact) mass is 489 g/mol. The van der Waals surface area contributed by atoms with Gasteiger partial charge in [0.05, 0.1) is 6.61 Å². The average molecular weight is 490 g/mol. The Labute approximate surface area is 209 Å². The zero-order valence-corrected chi connectivity index (χ0v) is 21.4. The van der Waals surface area contributed by atoms with Crippen LogP contribution in [-0.2, 0) is 22.4 Å². The summed E-state index contributed by atoms with van der Waals surface area (Å²) in [4.78, 5) is 33.2. The molecule has 196 valence electrons. The summed E-state index contributed by atoms with van der Waals surface area (Å²) >= 11 is 0. The number of nitrogens with zero attached hydrogens (tertiary/aromatic N) is 3. The van der Waals surface area contributed by atoms with Crippen LogP contribution in [0, 0.1) is 0 Å². The summed E-state index contributed by atoms with van der Waals surface area (Å²) in [6.45, 7) is 9.15. The first kappa shape index (κ1) is 27.2. The molecule has 0 bridgehead atoms. The van der Waals surface area contributed by atoms with Crippen molar-refractivity contribution in [1.29, 1.82) is 0 Å². The summed E-state index contributed by atoms with van der Waals surface area (Å²) in [6.07, 6.45) is 7.50. The molecule has 2 aliphatic heterocycles. The minimum absolute atomic E-state index is 0.160. The molecule has 35 heavy (non-hydrogen) atoms. The van der Waals surface area contributed by atoms with Gasteiger partial charge >= 0.3 is 12.0 Å². The highest BCUT2D eigenvalue weighted by atomic mass is 16.5. The highest BCUT2D eigenvalue weighted by Gasteiger charge is 2.29. The summed E-state index contributed by atoms with van der Waals surface area (Å²) in [5.41, 5.74) is 2.42. The number of unbranched alkanes of at least 4 members (excludes halogenated alkanes) is 1. The van der Waals surface area contributed by atoms with E-state index in [0.29, 0.717) is 32.7 Å². The average Bonchev–Trinajstić information content (AvgIpc) is 3.29. The summed E-state index contributed by atoms with van der Waals surface area (Å²) in [7, 11) is 0. The smallest absolute Gasteiger partial charge is 0.326 e. The number of carbonyl (C=O) groups excluding carboxylic acids is 1. The molecule has 1 saturated heterocycles. The van der Waals surface area contributed by atoms with Gasteiger partial charge in [0.1, 0.15) is 11.9 Å². The van der Waals surface area contributed by atoms with Crippen LogP contribution in [0.1, 0.15) is 63.6 Å². The lowest BCUT2D eigenvalue weighted by molar-refractivity contribution is -0.139. The number of pyridine rings is 1. The van der Waals surface area contributed by atoms with Crippen LogP contribution in [0.25, 0.3) is 0 Å². The van der Waals surface area contributed by atoms with Crippen LogP contribution < -0.4 is 10.6 Å². The van der Waals surface area contributed by atoms with Gasteiger partial charge in [0, 0.05) is 44.5 Å². The maximum absolute atomic E-state index is 12.6. The van der Waals surface area contributed by atoms with Gasteiger partial charge in [0.15, 0.2) is 0 Å². The van der Waals surface area contributed by atoms with Crippen LogP contribution in [0.15, 0.2) is 12.1 Å². The Morgan fingerprint density at radius 1 is 1.29 bits per heavy atom. The number of aryl methyl sites for hydroxylation is 2. The van der Waals surface area contributed by atoms with Gasteiger partial charge in [-0.2, -0.15) is 0 Å². The number of ether oxygens (including phenoxy) is 1. The van der Waals surface area contributed by atoms with E-state index >= 15 is 0 Å². The van der Waals surface area contributed by atoms with Crippen molar-refractivity contribution in [3.63, 3.8) is 0 Å². The molecule has 3 heterocycles. The lowest BCUT2D eigenvalue weighted by Crippen LogP contribution is -2.50. The van der Waals surface area contributed by atoms with E-state index < -0.39 is 12.0 Å². The molecule has 0 saturated carbocycles. The fourth-order valence-electron chi connectivity index (χ4n) is 4.86. The molecule has 0 aliphatic carbocycles. The molecule has 3 N–H and O–H groups in total. The van der Waals surface area contributed by atoms with Gasteiger partial charge in [-0.05, 0) is 83.4 Å². The van der Waals surface area contributed by atoms with Gasteiger partial charge < -0.3 is 30.3 Å². The predicted molar refractivity (Wildman–Crippen MR) is 137 cm³/mol. The summed E-state index contributed by atoms with van der Waals surface area (Å²) < 4.78 is 5.54. The molecule has 1 aromatic heterocycles. The standard InChI is InChI=1S/C26H43N5O4/c1-3-35-19-18-30(15-5-4-10-22-12-11-21-9-6-14-27-24(21)28-22)17-13-23(25(32)33)29-26(34)31-16-7-8-20(31)2/h11-12,20,23H,3-10,13-19H2,1-2H3,(H,27,28)(H,29,34)(H,32,33)/t20-,23+/m1/s1. The molecule has 2 aliphatic rings. The number of anilines is 1. The molecule has 0 aromatic carbocycles. The molecule has 3 rings (SSSR count). The van der Waals surface area contributed by atoms with Crippen molar-refractivity contribution in [2.75, 3.05) is 51.3 Å². The van der Waals surface area contributed by atoms with Gasteiger partial charge in [-0.1, -0.05) is 6.07 Å². The number of aromatic nitrogens is 1. The fourth-order valence-corrected chi connectivity index (χ4v) is 4.86. The van der Waals surface area contributed by atoms with E-state index in [2.05, 4.69) is 27.7 Å². The minimum atomic E-state index is -0.984. The normalized spacial score (nSPS) is 18.3. The van der Waals surface area contributed by atoms with Crippen LogP contribution in [0.5, 0.6) is 0 Å². The third-order valence-electron chi connectivity index (χ3n) is 7.01. The van der Waals surface area contributed by atoms with E-state index in [-0.39, 0.29) is 12.1 Å². The van der Waals surface area contributed by atoms with Crippen LogP contribution in [0.2, 0.25) is 0 Å². The summed E-state index contributed by atoms with van der Waals surface area (Å²) in [5.74, 6) is 0.0548. The van der Waals surface area contributed by atoms with E-state index in [1.165, 1.54) is 5.56 Å². The topological polar surface area (TPSA) is 107 Å². The van der Waals surface area contributed by atoms with Gasteiger partial charge in [0.2, 0.25) is 0 Å². The molecule has 9 heteroatoms. The Morgan fingerprint density at radius 3 is 2.89 bits per heavy atom. The lowest BCUT2D eigenvalue weighted by atomic mass is 10.1. The number of urea groups is 1. The number of carboxylic acid groups (broad SMARTS) is 1. The molecular formula is C26H43N5O4. The van der Waals surface area contributed by atoms with E-state index in [4.69, 9.17) is 9.72 Å². The highest BCUT2D eigenvalue weighted by Crippen LogP contribution is 2.20. The molecule has 2 atom stereocenters. The molecule has 9 nitrogen and oxygen atoms in total. The van der Waals surface area contributed by atoms with Crippen LogP contribution >= 0.6 is 0 Å². The first-order valence-corrected chi connectivity index (χ1v) is 13.3. The van der Waals surface area contributed by atoms with Crippen molar-refractivity contribution in [3.8, 4) is 0 Å². The minimum Gasteiger partial charge on any atom is -0.480 e. The lowest BCUT2D eigenvalue weighted by Gasteiger charge is -2.27. The van der Waals surface area contributed by atoms with Crippen molar-refractivity contribution < 1.29 is 19.4 Å². The fraction of sp³-hybridized carbons (Fsp3) is 0.731. The summed E-state index contributed by atoms with van der Waals surface area (Å²) in [5, 5.41) is 15.8. The van der Waals surface area contributed by atoms with Crippen molar-refractivity contribution in [2.24, 2.45) is 0 Å². The first-order chi connectivity index (χ1) is 17.0. The number of hydrogen-bond acceptors (Lipinski definition) is 6. The third-order valence-corrected chi connectivity index (χ3v) is 7.01. The zero-order chi connectivity index (χ0) is 25.0. The molecule has 0 unspecified atom stereocenters. The molecule has 1 aromatic rings. The number of nitrogens with one attached hydrogen (secondary N) is 2. The van der Waals surface area contributed by atoms with Gasteiger partial charge in [-0.3, -0.25) is 0 Å². The quantitative estimate of drug-likeness (QED) is 0.345. The number of amides is 2. The zero-order valence-electron chi connectivity index (χ0n) is 21.4.